The standard InChI is InChI=1S/C23H17N3O6/c27-17-5-3-4-15(13-17)24-21(28)20(12-14-8-10-16(11-9-14)26(31)32)25-22(29)18-6-1-2-7-19(18)23(25)30/h1-11,13,20,27H,12H2,(H,24,28)/t20-/m0/s1. The molecule has 0 spiro atoms. The van der Waals surface area contributed by atoms with Gasteiger partial charge in [0.1, 0.15) is 11.8 Å². The Bertz CT molecular complexity index is 1200. The van der Waals surface area contributed by atoms with Gasteiger partial charge in [-0.1, -0.05) is 30.3 Å². The zero-order valence-electron chi connectivity index (χ0n) is 16.6. The summed E-state index contributed by atoms with van der Waals surface area (Å²) in [5.74, 6) is -1.88. The van der Waals surface area contributed by atoms with Gasteiger partial charge >= 0.3 is 0 Å². The number of non-ortho nitro benzene ring substituents is 1. The quantitative estimate of drug-likeness (QED) is 0.350. The van der Waals surface area contributed by atoms with E-state index < -0.39 is 28.7 Å². The van der Waals surface area contributed by atoms with Crippen molar-refractivity contribution in [3.63, 3.8) is 0 Å². The van der Waals surface area contributed by atoms with Gasteiger partial charge < -0.3 is 10.4 Å². The topological polar surface area (TPSA) is 130 Å². The lowest BCUT2D eigenvalue weighted by Gasteiger charge is -2.25. The predicted molar refractivity (Wildman–Crippen MR) is 114 cm³/mol. The minimum Gasteiger partial charge on any atom is -0.508 e. The molecule has 32 heavy (non-hydrogen) atoms. The Morgan fingerprint density at radius 1 is 0.969 bits per heavy atom. The van der Waals surface area contributed by atoms with Crippen molar-refractivity contribution in [3.05, 3.63) is 99.6 Å². The maximum absolute atomic E-state index is 13.2. The highest BCUT2D eigenvalue weighted by Crippen LogP contribution is 2.27. The Morgan fingerprint density at radius 3 is 2.16 bits per heavy atom. The molecule has 0 saturated carbocycles. The Balaban J connectivity index is 1.68. The van der Waals surface area contributed by atoms with Gasteiger partial charge in [-0.05, 0) is 29.8 Å². The number of carbonyl (C=O) groups is 3. The molecular formula is C23H17N3O6. The fourth-order valence-corrected chi connectivity index (χ4v) is 3.58. The van der Waals surface area contributed by atoms with Gasteiger partial charge in [0.05, 0.1) is 16.1 Å². The lowest BCUT2D eigenvalue weighted by atomic mass is 10.0. The zero-order valence-corrected chi connectivity index (χ0v) is 16.6. The summed E-state index contributed by atoms with van der Waals surface area (Å²) in [5, 5.41) is 23.2. The molecule has 1 aliphatic rings. The molecule has 160 valence electrons. The molecule has 9 nitrogen and oxygen atoms in total. The van der Waals surface area contributed by atoms with Gasteiger partial charge in [0.2, 0.25) is 5.91 Å². The lowest BCUT2D eigenvalue weighted by Crippen LogP contribution is -2.48. The van der Waals surface area contributed by atoms with Gasteiger partial charge in [0.25, 0.3) is 17.5 Å². The van der Waals surface area contributed by atoms with Crippen LogP contribution in [0.5, 0.6) is 5.75 Å². The van der Waals surface area contributed by atoms with Crippen LogP contribution in [0, 0.1) is 10.1 Å². The van der Waals surface area contributed by atoms with Crippen molar-refractivity contribution in [2.24, 2.45) is 0 Å². The first-order valence-corrected chi connectivity index (χ1v) is 9.65. The second-order valence-electron chi connectivity index (χ2n) is 7.21. The molecule has 4 rings (SSSR count). The highest BCUT2D eigenvalue weighted by atomic mass is 16.6. The highest BCUT2D eigenvalue weighted by Gasteiger charge is 2.42. The Kier molecular flexibility index (Phi) is 5.38. The number of anilines is 1. The second kappa shape index (κ2) is 8.31. The third kappa shape index (κ3) is 3.91. The van der Waals surface area contributed by atoms with Crippen molar-refractivity contribution in [3.8, 4) is 5.75 Å². The van der Waals surface area contributed by atoms with Crippen LogP contribution in [-0.2, 0) is 11.2 Å². The molecule has 9 heteroatoms. The van der Waals surface area contributed by atoms with Gasteiger partial charge in [-0.25, -0.2) is 0 Å². The minimum atomic E-state index is -1.22. The summed E-state index contributed by atoms with van der Waals surface area (Å²) in [7, 11) is 0. The number of nitro benzene ring substituents is 1. The Hall–Kier alpha value is -4.53. The molecule has 1 heterocycles. The van der Waals surface area contributed by atoms with Gasteiger partial charge in [0.15, 0.2) is 0 Å². The monoisotopic (exact) mass is 431 g/mol. The second-order valence-corrected chi connectivity index (χ2v) is 7.21. The number of imide groups is 1. The molecule has 0 aliphatic carbocycles. The number of nitrogens with zero attached hydrogens (tertiary/aromatic N) is 2. The third-order valence-corrected chi connectivity index (χ3v) is 5.13. The molecule has 1 atom stereocenters. The number of nitro groups is 1. The summed E-state index contributed by atoms with van der Waals surface area (Å²) >= 11 is 0. The first kappa shape index (κ1) is 20.7. The SMILES string of the molecule is O=C(Nc1cccc(O)c1)[C@H](Cc1ccc([N+](=O)[O-])cc1)N1C(=O)c2ccccc2C1=O. The van der Waals surface area contributed by atoms with Crippen LogP contribution < -0.4 is 5.32 Å². The normalized spacial score (nSPS) is 13.6. The highest BCUT2D eigenvalue weighted by molar-refractivity contribution is 6.23. The summed E-state index contributed by atoms with van der Waals surface area (Å²) in [6.07, 6.45) is -0.0475. The van der Waals surface area contributed by atoms with E-state index in [0.717, 1.165) is 4.90 Å². The van der Waals surface area contributed by atoms with E-state index in [1.165, 1.54) is 54.6 Å². The Morgan fingerprint density at radius 2 is 1.59 bits per heavy atom. The van der Waals surface area contributed by atoms with Crippen LogP contribution in [0.25, 0.3) is 0 Å². The summed E-state index contributed by atoms with van der Waals surface area (Å²) in [5.41, 5.74) is 1.12. The van der Waals surface area contributed by atoms with E-state index in [-0.39, 0.29) is 29.0 Å². The van der Waals surface area contributed by atoms with E-state index in [1.807, 2.05) is 0 Å². The van der Waals surface area contributed by atoms with Crippen LogP contribution in [-0.4, -0.2) is 38.7 Å². The summed E-state index contributed by atoms with van der Waals surface area (Å²) in [6, 6.07) is 16.5. The third-order valence-electron chi connectivity index (χ3n) is 5.13. The van der Waals surface area contributed by atoms with E-state index in [1.54, 1.807) is 18.2 Å². The predicted octanol–water partition coefficient (Wildman–Crippen LogP) is 3.15. The number of phenols is 1. The van der Waals surface area contributed by atoms with Crippen LogP contribution in [0.15, 0.2) is 72.8 Å². The number of rotatable bonds is 6. The van der Waals surface area contributed by atoms with Crippen LogP contribution in [0.2, 0.25) is 0 Å². The molecular weight excluding hydrogens is 414 g/mol. The largest absolute Gasteiger partial charge is 0.508 e. The van der Waals surface area contributed by atoms with Crippen molar-refractivity contribution in [2.75, 3.05) is 5.32 Å². The average Bonchev–Trinajstić information content (AvgIpc) is 3.03. The van der Waals surface area contributed by atoms with Crippen LogP contribution >= 0.6 is 0 Å². The van der Waals surface area contributed by atoms with Gasteiger partial charge in [0, 0.05) is 30.3 Å². The van der Waals surface area contributed by atoms with Crippen LogP contribution in [0.1, 0.15) is 26.3 Å². The molecule has 0 saturated heterocycles. The van der Waals surface area contributed by atoms with Gasteiger partial charge in [-0.3, -0.25) is 29.4 Å². The fraction of sp³-hybridized carbons (Fsp3) is 0.0870. The van der Waals surface area contributed by atoms with Crippen LogP contribution in [0.3, 0.4) is 0 Å². The number of carbonyl (C=O) groups excluding carboxylic acids is 3. The van der Waals surface area contributed by atoms with Crippen molar-refractivity contribution < 1.29 is 24.4 Å². The van der Waals surface area contributed by atoms with E-state index in [9.17, 15) is 29.6 Å². The Labute approximate surface area is 182 Å². The molecule has 3 aromatic rings. The maximum Gasteiger partial charge on any atom is 0.269 e. The lowest BCUT2D eigenvalue weighted by molar-refractivity contribution is -0.384. The molecule has 0 bridgehead atoms. The maximum atomic E-state index is 13.2. The molecule has 2 N–H and O–H groups in total. The molecule has 0 aromatic heterocycles. The van der Waals surface area contributed by atoms with Crippen molar-refractivity contribution in [2.45, 2.75) is 12.5 Å². The summed E-state index contributed by atoms with van der Waals surface area (Å²) in [4.78, 5) is 50.4. The zero-order chi connectivity index (χ0) is 22.8. The smallest absolute Gasteiger partial charge is 0.269 e. The number of phenolic OH excluding ortho intramolecular Hbond substituents is 1. The molecule has 0 radical (unpaired) electrons. The minimum absolute atomic E-state index is 0.0475. The molecule has 1 aliphatic heterocycles. The fourth-order valence-electron chi connectivity index (χ4n) is 3.58. The average molecular weight is 431 g/mol. The number of hydrogen-bond acceptors (Lipinski definition) is 6. The van der Waals surface area contributed by atoms with Crippen molar-refractivity contribution in [1.29, 1.82) is 0 Å². The number of aromatic hydroxyl groups is 1. The molecule has 3 aromatic carbocycles. The molecule has 3 amide bonds. The first-order chi connectivity index (χ1) is 15.3. The van der Waals surface area contributed by atoms with Gasteiger partial charge in [-0.15, -0.1) is 0 Å². The van der Waals surface area contributed by atoms with E-state index in [4.69, 9.17) is 0 Å². The number of amides is 3. The van der Waals surface area contributed by atoms with Crippen molar-refractivity contribution >= 4 is 29.1 Å². The number of fused-ring (bicyclic) bond motifs is 1. The number of hydrogen-bond donors (Lipinski definition) is 2. The van der Waals surface area contributed by atoms with E-state index in [0.29, 0.717) is 11.3 Å². The van der Waals surface area contributed by atoms with E-state index >= 15 is 0 Å². The number of nitrogens with one attached hydrogen (secondary N) is 1. The van der Waals surface area contributed by atoms with Crippen LogP contribution in [0.4, 0.5) is 11.4 Å². The molecule has 0 unspecified atom stereocenters. The van der Waals surface area contributed by atoms with Gasteiger partial charge in [-0.2, -0.15) is 0 Å². The first-order valence-electron chi connectivity index (χ1n) is 9.65. The van der Waals surface area contributed by atoms with E-state index in [2.05, 4.69) is 5.32 Å². The molecule has 0 fully saturated rings. The number of benzene rings is 3. The summed E-state index contributed by atoms with van der Waals surface area (Å²) in [6.45, 7) is 0. The summed E-state index contributed by atoms with van der Waals surface area (Å²) < 4.78 is 0. The van der Waals surface area contributed by atoms with Crippen molar-refractivity contribution in [1.82, 2.24) is 4.90 Å².